The zero-order valence-corrected chi connectivity index (χ0v) is 17.9. The summed E-state index contributed by atoms with van der Waals surface area (Å²) >= 11 is 6.34. The minimum Gasteiger partial charge on any atom is -0.297 e. The Balaban J connectivity index is 1.32. The lowest BCUT2D eigenvalue weighted by atomic mass is 9.96. The lowest BCUT2D eigenvalue weighted by molar-refractivity contribution is 0.113. The molecule has 4 aromatic rings. The highest BCUT2D eigenvalue weighted by Gasteiger charge is 2.25. The molecule has 1 aliphatic rings. The van der Waals surface area contributed by atoms with Gasteiger partial charge in [0, 0.05) is 32.4 Å². The molecule has 5 nitrogen and oxygen atoms in total. The van der Waals surface area contributed by atoms with Crippen molar-refractivity contribution in [2.45, 2.75) is 6.04 Å². The molecule has 1 aliphatic heterocycles. The second kappa shape index (κ2) is 8.92. The van der Waals surface area contributed by atoms with Crippen LogP contribution in [0, 0.1) is 0 Å². The van der Waals surface area contributed by atoms with Crippen molar-refractivity contribution in [3.8, 4) is 0 Å². The van der Waals surface area contributed by atoms with Crippen LogP contribution in [0.2, 0.25) is 5.15 Å². The zero-order valence-electron chi connectivity index (χ0n) is 17.2. The van der Waals surface area contributed by atoms with Gasteiger partial charge in [0.1, 0.15) is 11.3 Å². The summed E-state index contributed by atoms with van der Waals surface area (Å²) in [5, 5.41) is 7.30. The van der Waals surface area contributed by atoms with Gasteiger partial charge in [0.2, 0.25) is 0 Å². The van der Waals surface area contributed by atoms with Crippen LogP contribution in [-0.2, 0) is 0 Å². The molecule has 0 atom stereocenters. The number of rotatable bonds is 5. The molecular weight excluding hydrogens is 406 g/mol. The van der Waals surface area contributed by atoms with Crippen LogP contribution in [0.1, 0.15) is 22.9 Å². The van der Waals surface area contributed by atoms with E-state index < -0.39 is 0 Å². The third-order valence-electron chi connectivity index (χ3n) is 5.75. The first-order valence-electron chi connectivity index (χ1n) is 10.5. The van der Waals surface area contributed by atoms with Crippen LogP contribution >= 0.6 is 11.6 Å². The summed E-state index contributed by atoms with van der Waals surface area (Å²) in [6.07, 6.45) is 3.78. The first-order chi connectivity index (χ1) is 15.3. The summed E-state index contributed by atoms with van der Waals surface area (Å²) < 4.78 is 1.96. The second-order valence-electron chi connectivity index (χ2n) is 7.67. The van der Waals surface area contributed by atoms with Crippen molar-refractivity contribution in [3.05, 3.63) is 107 Å². The summed E-state index contributed by atoms with van der Waals surface area (Å²) in [7, 11) is 0. The molecule has 0 N–H and O–H groups in total. The van der Waals surface area contributed by atoms with Crippen molar-refractivity contribution >= 4 is 23.5 Å². The van der Waals surface area contributed by atoms with Crippen molar-refractivity contribution in [2.24, 2.45) is 5.10 Å². The Labute approximate surface area is 187 Å². The molecule has 6 heteroatoms. The van der Waals surface area contributed by atoms with Gasteiger partial charge in [-0.1, -0.05) is 78.3 Å². The minimum atomic E-state index is 0.252. The van der Waals surface area contributed by atoms with Crippen LogP contribution < -0.4 is 0 Å². The third kappa shape index (κ3) is 4.20. The number of nitrogens with zero attached hydrogens (tertiary/aromatic N) is 5. The number of benzene rings is 2. The molecule has 0 saturated carbocycles. The quantitative estimate of drug-likeness (QED) is 0.430. The largest absolute Gasteiger partial charge is 0.297 e. The Hall–Kier alpha value is -3.15. The van der Waals surface area contributed by atoms with E-state index in [-0.39, 0.29) is 6.04 Å². The van der Waals surface area contributed by atoms with Gasteiger partial charge in [-0.2, -0.15) is 5.10 Å². The predicted octanol–water partition coefficient (Wildman–Crippen LogP) is 4.73. The average Bonchev–Trinajstić information content (AvgIpc) is 3.15. The molecule has 0 bridgehead atoms. The van der Waals surface area contributed by atoms with Crippen molar-refractivity contribution in [1.29, 1.82) is 0 Å². The number of hydrazone groups is 1. The number of aromatic nitrogens is 2. The maximum Gasteiger partial charge on any atom is 0.157 e. The van der Waals surface area contributed by atoms with Gasteiger partial charge in [-0.05, 0) is 23.3 Å². The topological polar surface area (TPSA) is 36.1 Å². The number of hydrogen-bond donors (Lipinski definition) is 0. The Kier molecular flexibility index (Phi) is 5.69. The molecule has 31 heavy (non-hydrogen) atoms. The number of pyridine rings is 1. The smallest absolute Gasteiger partial charge is 0.157 e. The average molecular weight is 430 g/mol. The summed E-state index contributed by atoms with van der Waals surface area (Å²) in [6.45, 7) is 3.60. The van der Waals surface area contributed by atoms with Crippen LogP contribution in [-0.4, -0.2) is 51.7 Å². The highest BCUT2D eigenvalue weighted by molar-refractivity contribution is 6.32. The second-order valence-corrected chi connectivity index (χ2v) is 8.03. The molecule has 3 heterocycles. The first-order valence-corrected chi connectivity index (χ1v) is 10.9. The normalized spacial score (nSPS) is 15.4. The molecule has 0 spiro atoms. The maximum absolute atomic E-state index is 6.34. The zero-order chi connectivity index (χ0) is 21.0. The molecule has 0 aliphatic carbocycles. The van der Waals surface area contributed by atoms with E-state index in [4.69, 9.17) is 16.7 Å². The Morgan fingerprint density at radius 2 is 1.42 bits per heavy atom. The van der Waals surface area contributed by atoms with Crippen molar-refractivity contribution in [3.63, 3.8) is 0 Å². The van der Waals surface area contributed by atoms with Crippen LogP contribution in [0.4, 0.5) is 0 Å². The van der Waals surface area contributed by atoms with Gasteiger partial charge in [-0.15, -0.1) is 0 Å². The van der Waals surface area contributed by atoms with Crippen molar-refractivity contribution < 1.29 is 0 Å². The molecule has 5 rings (SSSR count). The molecular formula is C25H24ClN5. The summed E-state index contributed by atoms with van der Waals surface area (Å²) in [5.74, 6) is 0. The molecule has 0 radical (unpaired) electrons. The standard InChI is InChI=1S/C25H24ClN5/c26-25-22(31-14-8-7-13-23(31)28-25)19-27-30-17-15-29(16-18-30)24(20-9-3-1-4-10-20)21-11-5-2-6-12-21/h1-14,19,24H,15-18H2/b27-19+. The number of hydrogen-bond acceptors (Lipinski definition) is 4. The van der Waals surface area contributed by atoms with E-state index in [0.29, 0.717) is 5.15 Å². The fourth-order valence-electron chi connectivity index (χ4n) is 4.21. The van der Waals surface area contributed by atoms with Crippen LogP contribution in [0.25, 0.3) is 5.65 Å². The summed E-state index contributed by atoms with van der Waals surface area (Å²) in [6, 6.07) is 27.6. The first kappa shape index (κ1) is 19.8. The fourth-order valence-corrected chi connectivity index (χ4v) is 4.43. The molecule has 0 unspecified atom stereocenters. The molecule has 1 fully saturated rings. The minimum absolute atomic E-state index is 0.252. The monoisotopic (exact) mass is 429 g/mol. The van der Waals surface area contributed by atoms with Gasteiger partial charge in [0.05, 0.1) is 12.3 Å². The Bertz CT molecular complexity index is 1120. The maximum atomic E-state index is 6.34. The molecule has 1 saturated heterocycles. The van der Waals surface area contributed by atoms with E-state index in [1.165, 1.54) is 11.1 Å². The van der Waals surface area contributed by atoms with Crippen LogP contribution in [0.5, 0.6) is 0 Å². The Morgan fingerprint density at radius 1 is 0.806 bits per heavy atom. The van der Waals surface area contributed by atoms with Crippen molar-refractivity contribution in [1.82, 2.24) is 19.3 Å². The van der Waals surface area contributed by atoms with Gasteiger partial charge in [-0.3, -0.25) is 14.3 Å². The number of fused-ring (bicyclic) bond motifs is 1. The third-order valence-corrected chi connectivity index (χ3v) is 6.03. The van der Waals surface area contributed by atoms with Gasteiger partial charge in [0.15, 0.2) is 5.15 Å². The van der Waals surface area contributed by atoms with Crippen molar-refractivity contribution in [2.75, 3.05) is 26.2 Å². The fraction of sp³-hybridized carbons (Fsp3) is 0.200. The van der Waals surface area contributed by atoms with E-state index in [2.05, 4.69) is 75.6 Å². The summed E-state index contributed by atoms with van der Waals surface area (Å²) in [4.78, 5) is 6.93. The van der Waals surface area contributed by atoms with Gasteiger partial charge < -0.3 is 0 Å². The van der Waals surface area contributed by atoms with E-state index >= 15 is 0 Å². The molecule has 2 aromatic heterocycles. The van der Waals surface area contributed by atoms with E-state index in [1.54, 1.807) is 0 Å². The summed E-state index contributed by atoms with van der Waals surface area (Å²) in [5.41, 5.74) is 4.28. The number of piperazine rings is 1. The van der Waals surface area contributed by atoms with Crippen LogP contribution in [0.15, 0.2) is 90.2 Å². The number of imidazole rings is 1. The lowest BCUT2D eigenvalue weighted by Crippen LogP contribution is -2.45. The van der Waals surface area contributed by atoms with Gasteiger partial charge in [0.25, 0.3) is 0 Å². The van der Waals surface area contributed by atoms with E-state index in [1.807, 2.05) is 35.0 Å². The van der Waals surface area contributed by atoms with Gasteiger partial charge >= 0.3 is 0 Å². The highest BCUT2D eigenvalue weighted by atomic mass is 35.5. The lowest BCUT2D eigenvalue weighted by Gasteiger charge is -2.38. The van der Waals surface area contributed by atoms with Crippen LogP contribution in [0.3, 0.4) is 0 Å². The van der Waals surface area contributed by atoms with E-state index in [9.17, 15) is 0 Å². The van der Waals surface area contributed by atoms with E-state index in [0.717, 1.165) is 37.5 Å². The number of halogens is 1. The molecule has 2 aromatic carbocycles. The molecule has 156 valence electrons. The SMILES string of the molecule is Clc1nc2ccccn2c1/C=N/N1CCN(C(c2ccccc2)c2ccccc2)CC1. The predicted molar refractivity (Wildman–Crippen MR) is 126 cm³/mol. The molecule has 0 amide bonds. The Morgan fingerprint density at radius 3 is 2.06 bits per heavy atom. The van der Waals surface area contributed by atoms with Gasteiger partial charge in [-0.25, -0.2) is 4.98 Å². The highest BCUT2D eigenvalue weighted by Crippen LogP contribution is 2.29.